The van der Waals surface area contributed by atoms with E-state index in [4.69, 9.17) is 63.1 Å². The Morgan fingerprint density at radius 3 is 1.96 bits per heavy atom. The van der Waals surface area contributed by atoms with Gasteiger partial charge in [-0.1, -0.05) is 38.5 Å². The number of rotatable bonds is 16. The van der Waals surface area contributed by atoms with Crippen molar-refractivity contribution in [3.8, 4) is 0 Å². The van der Waals surface area contributed by atoms with E-state index in [1.165, 1.54) is 27.2 Å². The van der Waals surface area contributed by atoms with Crippen LogP contribution in [-0.4, -0.2) is 232 Å². The van der Waals surface area contributed by atoms with Gasteiger partial charge in [-0.15, -0.1) is 0 Å². The van der Waals surface area contributed by atoms with Gasteiger partial charge in [0.25, 0.3) is 0 Å². The molecule has 23 atom stereocenters. The van der Waals surface area contributed by atoms with E-state index in [-0.39, 0.29) is 31.7 Å². The van der Waals surface area contributed by atoms with Gasteiger partial charge in [0, 0.05) is 44.8 Å². The molecule has 0 amide bonds. The number of allylic oxidation sites excluding steroid dienone is 3. The number of ketones is 1. The largest absolute Gasteiger partial charge is 0.479 e. The van der Waals surface area contributed by atoms with Crippen LogP contribution in [0, 0.1) is 23.7 Å². The number of nitrogens with zero attached hydrogens (tertiary/aromatic N) is 1. The molecule has 24 nitrogen and oxygen atoms in total. The third kappa shape index (κ3) is 17.3. The predicted molar refractivity (Wildman–Crippen MR) is 258 cm³/mol. The molecule has 426 valence electrons. The summed E-state index contributed by atoms with van der Waals surface area (Å²) in [5, 5.41) is 88.3. The fourth-order valence-electron chi connectivity index (χ4n) is 9.78. The van der Waals surface area contributed by atoms with Gasteiger partial charge in [0.1, 0.15) is 49.0 Å². The van der Waals surface area contributed by atoms with Gasteiger partial charge in [0.15, 0.2) is 36.9 Å². The number of likely N-dealkylation sites (N-methyl/N-ethyl adjacent to an activating group) is 1. The molecule has 0 aromatic carbocycles. The summed E-state index contributed by atoms with van der Waals surface area (Å²) in [5.74, 6) is -7.13. The Balaban J connectivity index is 0.00000130. The van der Waals surface area contributed by atoms with Gasteiger partial charge in [-0.05, 0) is 73.5 Å². The van der Waals surface area contributed by atoms with Gasteiger partial charge in [-0.25, -0.2) is 9.59 Å². The molecule has 0 spiro atoms. The summed E-state index contributed by atoms with van der Waals surface area (Å²) < 4.78 is 54.7. The number of esters is 1. The first-order valence-electron chi connectivity index (χ1n) is 25.0. The molecule has 9 N–H and O–H groups in total. The molecule has 4 rings (SSSR count). The highest BCUT2D eigenvalue weighted by Crippen LogP contribution is 2.37. The maximum Gasteiger partial charge on any atom is 0.335 e. The highest BCUT2D eigenvalue weighted by Gasteiger charge is 2.52. The number of aliphatic hydroxyl groups is 7. The van der Waals surface area contributed by atoms with E-state index >= 15 is 0 Å². The van der Waals surface area contributed by atoms with Gasteiger partial charge in [0.05, 0.1) is 55.2 Å². The van der Waals surface area contributed by atoms with Crippen molar-refractivity contribution < 1.29 is 113 Å². The number of carbonyl (C=O) groups excluding carboxylic acids is 3. The number of methoxy groups -OCH3 is 2. The second-order valence-electron chi connectivity index (χ2n) is 20.3. The molecule has 0 aromatic heterocycles. The molecule has 24 heteroatoms. The number of carboxylic acids is 2. The van der Waals surface area contributed by atoms with Crippen LogP contribution in [0.15, 0.2) is 23.8 Å². The van der Waals surface area contributed by atoms with Gasteiger partial charge < -0.3 is 98.3 Å². The molecule has 74 heavy (non-hydrogen) atoms. The van der Waals surface area contributed by atoms with Crippen molar-refractivity contribution in [2.24, 2.45) is 23.7 Å². The van der Waals surface area contributed by atoms with Crippen LogP contribution in [0.1, 0.15) is 87.5 Å². The zero-order valence-corrected chi connectivity index (χ0v) is 44.4. The maximum atomic E-state index is 13.8. The first-order chi connectivity index (χ1) is 34.5. The van der Waals surface area contributed by atoms with Crippen LogP contribution in [0.25, 0.3) is 0 Å². The van der Waals surface area contributed by atoms with Crippen LogP contribution in [0.3, 0.4) is 0 Å². The van der Waals surface area contributed by atoms with E-state index in [1.54, 1.807) is 59.7 Å². The number of aliphatic carboxylic acids is 2. The lowest BCUT2D eigenvalue weighted by atomic mass is 9.79. The minimum Gasteiger partial charge on any atom is -0.479 e. The van der Waals surface area contributed by atoms with Gasteiger partial charge in [0.2, 0.25) is 0 Å². The summed E-state index contributed by atoms with van der Waals surface area (Å²) in [4.78, 5) is 61.1. The average Bonchev–Trinajstić information content (AvgIpc) is 3.33. The highest BCUT2D eigenvalue weighted by molar-refractivity contribution is 5.91. The molecule has 0 unspecified atom stereocenters. The smallest absolute Gasteiger partial charge is 0.335 e. The molecule has 0 radical (unpaired) electrons. The Bertz CT molecular complexity index is 1850. The zero-order valence-electron chi connectivity index (χ0n) is 44.4. The maximum absolute atomic E-state index is 13.8. The lowest BCUT2D eigenvalue weighted by Gasteiger charge is -2.50. The summed E-state index contributed by atoms with van der Waals surface area (Å²) in [7, 11) is 6.43. The Kier molecular flexibility index (Phi) is 25.7. The van der Waals surface area contributed by atoms with Crippen molar-refractivity contribution in [1.29, 1.82) is 0 Å². The Morgan fingerprint density at radius 2 is 1.43 bits per heavy atom. The molecule has 0 bridgehead atoms. The molecule has 4 heterocycles. The number of carboxylic acid groups (broad SMARTS) is 2. The van der Waals surface area contributed by atoms with Gasteiger partial charge in [-0.2, -0.15) is 0 Å². The quantitative estimate of drug-likeness (QED) is 0.0708. The lowest BCUT2D eigenvalue weighted by Crippen LogP contribution is -2.65. The van der Waals surface area contributed by atoms with Crippen LogP contribution in [0.4, 0.5) is 0 Å². The fraction of sp³-hybridized carbons (Fsp3) is 0.820. The monoisotopic (exact) mass is 1070 g/mol. The second-order valence-corrected chi connectivity index (χ2v) is 20.3. The molecule has 0 aromatic rings. The predicted octanol–water partition coefficient (Wildman–Crippen LogP) is -0.289. The van der Waals surface area contributed by atoms with Gasteiger partial charge >= 0.3 is 17.9 Å². The molecular weight excluding hydrogens is 983 g/mol. The van der Waals surface area contributed by atoms with E-state index in [9.17, 15) is 49.5 Å². The summed E-state index contributed by atoms with van der Waals surface area (Å²) in [6.45, 7) is 13.6. The summed E-state index contributed by atoms with van der Waals surface area (Å²) in [6, 6.07) is -0.748. The minimum atomic E-state index is -2.27. The Labute approximate surface area is 432 Å². The van der Waals surface area contributed by atoms with Gasteiger partial charge in [-0.3, -0.25) is 9.59 Å². The van der Waals surface area contributed by atoms with Crippen LogP contribution >= 0.6 is 0 Å². The minimum absolute atomic E-state index is 0.00788. The second kappa shape index (κ2) is 29.4. The van der Waals surface area contributed by atoms with E-state index in [2.05, 4.69) is 0 Å². The lowest BCUT2D eigenvalue weighted by molar-refractivity contribution is -0.341. The van der Waals surface area contributed by atoms with Crippen molar-refractivity contribution >= 4 is 30.0 Å². The van der Waals surface area contributed by atoms with Crippen molar-refractivity contribution in [3.05, 3.63) is 23.8 Å². The molecule has 3 fully saturated rings. The average molecular weight is 1070 g/mol. The zero-order chi connectivity index (χ0) is 56.1. The standard InChI is InChI=1S/C46H77NO17.C4H6O6/c1-13-33-30(22-58-45-42(57-12)41(56-11)37(52)26(5)60-45)18-23(2)14-15-31(49)24(3)19-29(16-17-48)39(25(4)32(50)20-34(51)62-33)64-44-38(53)36(47(9)10)40(27(6)61-44)63-35-21-46(8,55)43(54)28(7)59-35;5-1(3(7)8)2(6)4(9)10/h14-15,17-18,24-30,32-33,35-45,50,52-55H,13,16,19-22H2,1-12H3;1-2,5-6H,(H,7,8)(H,9,10)/b15-14+,23-18?;/t24-,25+,26-,27-,28+,29+,30-,32-,33-,35+,36-,37-,38-,39-,40-,41-,42-,43+,44-,45-,46-;1-,2-/m11/s1. The van der Waals surface area contributed by atoms with E-state index in [1.807, 2.05) is 19.9 Å². The number of aliphatic hydroxyl groups excluding tert-OH is 6. The van der Waals surface area contributed by atoms with E-state index in [0.29, 0.717) is 12.0 Å². The van der Waals surface area contributed by atoms with Crippen LogP contribution in [0.5, 0.6) is 0 Å². The van der Waals surface area contributed by atoms with Crippen LogP contribution in [0.2, 0.25) is 0 Å². The Morgan fingerprint density at radius 1 is 0.838 bits per heavy atom. The summed E-state index contributed by atoms with van der Waals surface area (Å²) in [5.41, 5.74) is -0.806. The highest BCUT2D eigenvalue weighted by atomic mass is 16.7. The summed E-state index contributed by atoms with van der Waals surface area (Å²) in [6.07, 6.45) is -13.0. The first kappa shape index (κ1) is 64.9. The van der Waals surface area contributed by atoms with Crippen molar-refractivity contribution in [2.45, 2.75) is 203 Å². The number of aldehydes is 1. The third-order valence-electron chi connectivity index (χ3n) is 14.2. The third-order valence-corrected chi connectivity index (χ3v) is 14.2. The Hall–Kier alpha value is -3.41. The molecule has 0 aliphatic carbocycles. The van der Waals surface area contributed by atoms with Crippen LogP contribution < -0.4 is 0 Å². The number of carbonyl (C=O) groups is 5. The van der Waals surface area contributed by atoms with E-state index in [0.717, 1.165) is 6.29 Å². The van der Waals surface area contributed by atoms with Crippen molar-refractivity contribution in [3.63, 3.8) is 0 Å². The number of cyclic esters (lactones) is 1. The number of hydrogen-bond acceptors (Lipinski definition) is 22. The number of hydrogen-bond donors (Lipinski definition) is 9. The topological polar surface area (TPSA) is 354 Å². The van der Waals surface area contributed by atoms with Crippen molar-refractivity contribution in [2.75, 3.05) is 34.9 Å². The SMILES string of the molecule is CC[C@H]1OC(=O)C[C@@H](O)[C@H](C)[C@@H](O[C@H]2O[C@H](C)[C@@H](O[C@H]3C[C@@](C)(O)[C@@H](O)[C@H](C)O3)[C@H](N(C)C)[C@H]2O)[C@@H](CC=O)C[C@@H](C)C(=O)/C=C/C(C)=C[C@@H]1CO[C@@H]1O[C@H](C)[C@@H](O)[C@@H](OC)[C@H]1OC.O=C(O)[C@H](O)[C@@H](O)C(=O)O. The summed E-state index contributed by atoms with van der Waals surface area (Å²) >= 11 is 0. The molecular formula is C50H83NO23. The fourth-order valence-corrected chi connectivity index (χ4v) is 9.78. The normalized spacial score (nSPS) is 41.2. The number of ether oxygens (including phenoxy) is 9. The molecule has 0 saturated carbocycles. The molecule has 4 aliphatic rings. The van der Waals surface area contributed by atoms with Crippen molar-refractivity contribution in [1.82, 2.24) is 4.90 Å². The van der Waals surface area contributed by atoms with E-state index < -0.39 is 164 Å². The molecule has 3 saturated heterocycles. The first-order valence-corrected chi connectivity index (χ1v) is 25.0. The molecule has 4 aliphatic heterocycles. The van der Waals surface area contributed by atoms with Crippen LogP contribution in [-0.2, 0) is 66.6 Å².